The lowest BCUT2D eigenvalue weighted by atomic mass is 10.0. The highest BCUT2D eigenvalue weighted by Gasteiger charge is 2.17. The van der Waals surface area contributed by atoms with Crippen molar-refractivity contribution in [3.05, 3.63) is 83.0 Å². The third-order valence-electron chi connectivity index (χ3n) is 6.76. The van der Waals surface area contributed by atoms with Gasteiger partial charge in [-0.3, -0.25) is 9.78 Å². The van der Waals surface area contributed by atoms with Crippen LogP contribution in [0, 0.1) is 0 Å². The molecule has 0 aliphatic rings. The molecule has 0 unspecified atom stereocenters. The van der Waals surface area contributed by atoms with Crippen molar-refractivity contribution in [2.75, 3.05) is 18.5 Å². The summed E-state index contributed by atoms with van der Waals surface area (Å²) in [6.07, 6.45) is 2.45. The summed E-state index contributed by atoms with van der Waals surface area (Å²) in [4.78, 5) is 16.7. The fourth-order valence-corrected chi connectivity index (χ4v) is 5.37. The molecule has 0 saturated heterocycles. The number of carbonyl (C=O) groups excluding carboxylic acids is 1. The topological polar surface area (TPSA) is 159 Å². The van der Waals surface area contributed by atoms with Gasteiger partial charge in [0.15, 0.2) is 11.5 Å². The van der Waals surface area contributed by atoms with Crippen LogP contribution in [0.4, 0.5) is 11.4 Å². The number of carbonyl (C=O) groups is 1. The van der Waals surface area contributed by atoms with Crippen LogP contribution >= 0.6 is 0 Å². The number of benzene rings is 3. The predicted octanol–water partition coefficient (Wildman–Crippen LogP) is 4.30. The van der Waals surface area contributed by atoms with E-state index in [4.69, 9.17) is 20.3 Å². The zero-order valence-corrected chi connectivity index (χ0v) is 24.9. The number of sulfonamides is 1. The Morgan fingerprint density at radius 2 is 1.62 bits per heavy atom. The van der Waals surface area contributed by atoms with Gasteiger partial charge in [-0.05, 0) is 61.2 Å². The third-order valence-corrected chi connectivity index (χ3v) is 7.69. The Bertz CT molecular complexity index is 1670. The molecule has 42 heavy (non-hydrogen) atoms. The number of nitrogens with two attached hydrogens (primary N) is 2. The lowest BCUT2D eigenvalue weighted by Crippen LogP contribution is -2.16. The van der Waals surface area contributed by atoms with Gasteiger partial charge in [0.25, 0.3) is 0 Å². The van der Waals surface area contributed by atoms with Gasteiger partial charge in [-0.25, -0.2) is 13.6 Å². The molecule has 0 saturated carbocycles. The van der Waals surface area contributed by atoms with Crippen molar-refractivity contribution in [1.29, 1.82) is 0 Å². The molecule has 1 amide bonds. The van der Waals surface area contributed by atoms with Crippen molar-refractivity contribution in [2.45, 2.75) is 51.6 Å². The van der Waals surface area contributed by atoms with Crippen LogP contribution in [-0.2, 0) is 40.7 Å². The van der Waals surface area contributed by atoms with Crippen LogP contribution in [0.1, 0.15) is 43.0 Å². The lowest BCUT2D eigenvalue weighted by molar-refractivity contribution is -0.117. The van der Waals surface area contributed by atoms with Crippen molar-refractivity contribution < 1.29 is 22.7 Å². The molecule has 0 aliphatic carbocycles. The molecule has 1 aromatic heterocycles. The minimum absolute atomic E-state index is 0.0232. The Morgan fingerprint density at radius 3 is 2.24 bits per heavy atom. The highest BCUT2D eigenvalue weighted by Crippen LogP contribution is 2.38. The van der Waals surface area contributed by atoms with Gasteiger partial charge in [-0.1, -0.05) is 31.2 Å². The number of nitrogens with one attached hydrogen (secondary N) is 2. The second-order valence-electron chi connectivity index (χ2n) is 9.70. The van der Waals surface area contributed by atoms with Crippen molar-refractivity contribution in [1.82, 2.24) is 10.3 Å². The molecule has 1 heterocycles. The minimum atomic E-state index is -3.73. The van der Waals surface area contributed by atoms with Crippen molar-refractivity contribution in [2.24, 2.45) is 10.9 Å². The molecule has 11 heteroatoms. The molecule has 0 bridgehead atoms. The summed E-state index contributed by atoms with van der Waals surface area (Å²) in [5, 5.41) is 13.0. The average Bonchev–Trinajstić information content (AvgIpc) is 2.95. The molecule has 0 atom stereocenters. The number of amides is 1. The summed E-state index contributed by atoms with van der Waals surface area (Å²) in [5.41, 5.74) is 11.8. The maximum Gasteiger partial charge on any atom is 0.238 e. The second-order valence-corrected chi connectivity index (χ2v) is 11.3. The summed E-state index contributed by atoms with van der Waals surface area (Å²) in [6, 6.07) is 16.3. The van der Waals surface area contributed by atoms with E-state index in [-0.39, 0.29) is 11.3 Å². The lowest BCUT2D eigenvalue weighted by Gasteiger charge is -2.20. The molecule has 6 N–H and O–H groups in total. The van der Waals surface area contributed by atoms with Gasteiger partial charge in [0.2, 0.25) is 15.9 Å². The quantitative estimate of drug-likeness (QED) is 0.169. The van der Waals surface area contributed by atoms with E-state index in [2.05, 4.69) is 28.6 Å². The van der Waals surface area contributed by atoms with Crippen LogP contribution in [-0.4, -0.2) is 32.5 Å². The van der Waals surface area contributed by atoms with Gasteiger partial charge in [0.05, 0.1) is 35.7 Å². The van der Waals surface area contributed by atoms with E-state index in [1.165, 1.54) is 12.1 Å². The van der Waals surface area contributed by atoms with Crippen molar-refractivity contribution >= 4 is 38.2 Å². The van der Waals surface area contributed by atoms with Gasteiger partial charge in [-0.2, -0.15) is 0 Å². The number of fused-ring (bicyclic) bond motifs is 1. The van der Waals surface area contributed by atoms with Crippen LogP contribution in [0.3, 0.4) is 0 Å². The van der Waals surface area contributed by atoms with Crippen LogP contribution in [0.15, 0.2) is 65.7 Å². The van der Waals surface area contributed by atoms with E-state index in [9.17, 15) is 13.2 Å². The van der Waals surface area contributed by atoms with E-state index in [0.29, 0.717) is 48.9 Å². The first-order chi connectivity index (χ1) is 20.1. The van der Waals surface area contributed by atoms with Gasteiger partial charge >= 0.3 is 0 Å². The zero-order chi connectivity index (χ0) is 30.3. The van der Waals surface area contributed by atoms with E-state index in [1.54, 1.807) is 18.3 Å². The first kappa shape index (κ1) is 30.8. The standard InChI is InChI=1S/C31H37N5O5S/c1-4-24-21(18-34-17-20-10-12-23(13-11-20)42(33,38)39)8-7-9-26(24)36-31-22(14-30(32)37)19-35-27-16-29(41-6-3)28(40-5-2)15-25(27)31/h7-13,15-16,19,34H,4-6,14,17-18H2,1-3H3,(H2,32,37)(H,35,36)(H2,33,38,39). The number of aromatic nitrogens is 1. The molecule has 4 rings (SSSR count). The Hall–Kier alpha value is -4.19. The van der Waals surface area contributed by atoms with Gasteiger partial charge < -0.3 is 25.8 Å². The number of primary amides is 1. The number of hydrogen-bond donors (Lipinski definition) is 4. The monoisotopic (exact) mass is 591 g/mol. The molecule has 0 fully saturated rings. The smallest absolute Gasteiger partial charge is 0.238 e. The summed E-state index contributed by atoms with van der Waals surface area (Å²) < 4.78 is 34.7. The van der Waals surface area contributed by atoms with Crippen LogP contribution < -0.4 is 31.0 Å². The van der Waals surface area contributed by atoms with E-state index >= 15 is 0 Å². The Kier molecular flexibility index (Phi) is 10.00. The van der Waals surface area contributed by atoms with Gasteiger partial charge in [-0.15, -0.1) is 0 Å². The fourth-order valence-electron chi connectivity index (χ4n) is 4.86. The largest absolute Gasteiger partial charge is 0.490 e. The molecular formula is C31H37N5O5S. The average molecular weight is 592 g/mol. The summed E-state index contributed by atoms with van der Waals surface area (Å²) in [7, 11) is -3.73. The number of anilines is 2. The van der Waals surface area contributed by atoms with Crippen molar-refractivity contribution in [3.8, 4) is 11.5 Å². The highest BCUT2D eigenvalue weighted by atomic mass is 32.2. The van der Waals surface area contributed by atoms with Gasteiger partial charge in [0, 0.05) is 42.0 Å². The van der Waals surface area contributed by atoms with Crippen LogP contribution in [0.5, 0.6) is 11.5 Å². The zero-order valence-electron chi connectivity index (χ0n) is 24.1. The number of primary sulfonamides is 1. The van der Waals surface area contributed by atoms with E-state index in [1.807, 2.05) is 38.1 Å². The Labute approximate surface area is 246 Å². The maximum absolute atomic E-state index is 12.0. The molecule has 4 aromatic rings. The molecule has 222 valence electrons. The predicted molar refractivity (Wildman–Crippen MR) is 164 cm³/mol. The summed E-state index contributed by atoms with van der Waals surface area (Å²) in [6.45, 7) is 8.00. The third kappa shape index (κ3) is 7.35. The van der Waals surface area contributed by atoms with Crippen molar-refractivity contribution in [3.63, 3.8) is 0 Å². The number of nitrogens with zero attached hydrogens (tertiary/aromatic N) is 1. The molecule has 0 aliphatic heterocycles. The summed E-state index contributed by atoms with van der Waals surface area (Å²) in [5.74, 6) is 0.745. The minimum Gasteiger partial charge on any atom is -0.490 e. The SMILES string of the molecule is CCOc1cc2ncc(CC(N)=O)c(Nc3cccc(CNCc4ccc(S(N)(=O)=O)cc4)c3CC)c2cc1OCC. The molecule has 0 spiro atoms. The number of rotatable bonds is 14. The Morgan fingerprint density at radius 1 is 0.929 bits per heavy atom. The first-order valence-electron chi connectivity index (χ1n) is 13.8. The molecule has 10 nitrogen and oxygen atoms in total. The highest BCUT2D eigenvalue weighted by molar-refractivity contribution is 7.89. The number of pyridine rings is 1. The fraction of sp³-hybridized carbons (Fsp3) is 0.290. The summed E-state index contributed by atoms with van der Waals surface area (Å²) >= 11 is 0. The molecule has 3 aromatic carbocycles. The molecular weight excluding hydrogens is 554 g/mol. The first-order valence-corrected chi connectivity index (χ1v) is 15.4. The van der Waals surface area contributed by atoms with Crippen LogP contribution in [0.2, 0.25) is 0 Å². The maximum atomic E-state index is 12.0. The van der Waals surface area contributed by atoms with Gasteiger partial charge in [0.1, 0.15) is 0 Å². The second kappa shape index (κ2) is 13.6. The number of ether oxygens (including phenoxy) is 2. The Balaban J connectivity index is 1.66. The molecule has 0 radical (unpaired) electrons. The van der Waals surface area contributed by atoms with E-state index in [0.717, 1.165) is 39.9 Å². The van der Waals surface area contributed by atoms with Crippen LogP contribution in [0.25, 0.3) is 10.9 Å². The van der Waals surface area contributed by atoms with E-state index < -0.39 is 15.9 Å². The number of hydrogen-bond acceptors (Lipinski definition) is 8. The normalized spacial score (nSPS) is 11.4.